The van der Waals surface area contributed by atoms with Crippen molar-refractivity contribution in [2.24, 2.45) is 0 Å². The summed E-state index contributed by atoms with van der Waals surface area (Å²) in [5, 5.41) is 0. The van der Waals surface area contributed by atoms with Crippen LogP contribution in [0, 0.1) is 0 Å². The lowest BCUT2D eigenvalue weighted by atomic mass is 10.2. The Morgan fingerprint density at radius 1 is 0.947 bits per heavy atom. The molecule has 4 heteroatoms. The van der Waals surface area contributed by atoms with Crippen LogP contribution in [0.5, 0.6) is 0 Å². The zero-order valence-electron chi connectivity index (χ0n) is 11.6. The van der Waals surface area contributed by atoms with Crippen molar-refractivity contribution in [3.8, 4) is 11.4 Å². The molecule has 0 fully saturated rings. The summed E-state index contributed by atoms with van der Waals surface area (Å²) in [7, 11) is 4.20. The predicted octanol–water partition coefficient (Wildman–Crippen LogP) is 2.42. The van der Waals surface area contributed by atoms with E-state index in [9.17, 15) is 0 Å². The number of hydrogen-bond donors (Lipinski definition) is 0. The summed E-state index contributed by atoms with van der Waals surface area (Å²) in [6.45, 7) is 1.12. The van der Waals surface area contributed by atoms with Crippen molar-refractivity contribution in [1.82, 2.24) is 19.9 Å². The van der Waals surface area contributed by atoms with E-state index in [2.05, 4.69) is 33.9 Å². The number of unbranched alkanes of at least 4 members (excludes halogenated alkanes) is 1. The molecule has 0 saturated heterocycles. The predicted molar refractivity (Wildman–Crippen MR) is 76.8 cm³/mol. The Kier molecular flexibility index (Phi) is 4.98. The van der Waals surface area contributed by atoms with Gasteiger partial charge in [-0.25, -0.2) is 0 Å². The molecule has 0 unspecified atom stereocenters. The molecule has 0 spiro atoms. The highest BCUT2D eigenvalue weighted by atomic mass is 15.0. The van der Waals surface area contributed by atoms with E-state index in [-0.39, 0.29) is 0 Å². The normalized spacial score (nSPS) is 10.9. The Morgan fingerprint density at radius 2 is 1.84 bits per heavy atom. The van der Waals surface area contributed by atoms with Crippen LogP contribution in [0.2, 0.25) is 0 Å². The molecule has 2 rings (SSSR count). The fourth-order valence-corrected chi connectivity index (χ4v) is 1.86. The van der Waals surface area contributed by atoms with E-state index in [0.717, 1.165) is 36.5 Å². The van der Waals surface area contributed by atoms with Crippen LogP contribution in [0.4, 0.5) is 0 Å². The van der Waals surface area contributed by atoms with Crippen LogP contribution in [-0.4, -0.2) is 40.5 Å². The van der Waals surface area contributed by atoms with Gasteiger partial charge in [-0.15, -0.1) is 0 Å². The summed E-state index contributed by atoms with van der Waals surface area (Å²) in [6, 6.07) is 5.80. The molecule has 0 aromatic carbocycles. The van der Waals surface area contributed by atoms with Crippen LogP contribution in [0.1, 0.15) is 18.5 Å². The Morgan fingerprint density at radius 3 is 2.47 bits per heavy atom. The number of aryl methyl sites for hydroxylation is 1. The number of rotatable bonds is 6. The molecule has 0 aliphatic rings. The molecule has 0 N–H and O–H groups in total. The van der Waals surface area contributed by atoms with Gasteiger partial charge in [0.1, 0.15) is 5.69 Å². The van der Waals surface area contributed by atoms with E-state index in [4.69, 9.17) is 0 Å². The van der Waals surface area contributed by atoms with E-state index >= 15 is 0 Å². The number of pyridine rings is 1. The summed E-state index contributed by atoms with van der Waals surface area (Å²) in [5.74, 6) is 0. The van der Waals surface area contributed by atoms with E-state index in [1.807, 2.05) is 30.6 Å². The maximum atomic E-state index is 4.46. The van der Waals surface area contributed by atoms with E-state index in [1.165, 1.54) is 6.42 Å². The highest BCUT2D eigenvalue weighted by Crippen LogP contribution is 2.12. The van der Waals surface area contributed by atoms with Crippen LogP contribution < -0.4 is 0 Å². The third-order valence-electron chi connectivity index (χ3n) is 2.92. The van der Waals surface area contributed by atoms with Crippen LogP contribution in [0.25, 0.3) is 11.4 Å². The maximum Gasteiger partial charge on any atom is 0.107 e. The zero-order chi connectivity index (χ0) is 13.5. The summed E-state index contributed by atoms with van der Waals surface area (Å²) in [4.78, 5) is 15.4. The monoisotopic (exact) mass is 256 g/mol. The van der Waals surface area contributed by atoms with Gasteiger partial charge in [-0.05, 0) is 52.0 Å². The standard InChI is InChI=1S/C15H20N4/c1-19(2)10-6-4-7-13-11-18-15(12-17-13)14-8-3-5-9-16-14/h3,5,8-9,11-12H,4,6-7,10H2,1-2H3. The fraction of sp³-hybridized carbons (Fsp3) is 0.400. The molecule has 0 radical (unpaired) electrons. The minimum absolute atomic E-state index is 0.831. The van der Waals surface area contributed by atoms with Crippen LogP contribution in [0.15, 0.2) is 36.8 Å². The van der Waals surface area contributed by atoms with Crippen molar-refractivity contribution in [3.05, 3.63) is 42.5 Å². The van der Waals surface area contributed by atoms with Gasteiger partial charge >= 0.3 is 0 Å². The van der Waals surface area contributed by atoms with Crippen LogP contribution in [-0.2, 0) is 6.42 Å². The third-order valence-corrected chi connectivity index (χ3v) is 2.92. The molecule has 0 saturated carbocycles. The third kappa shape index (κ3) is 4.41. The molecule has 100 valence electrons. The van der Waals surface area contributed by atoms with Gasteiger partial charge in [-0.2, -0.15) is 0 Å². The fourth-order valence-electron chi connectivity index (χ4n) is 1.86. The molecule has 2 aromatic rings. The van der Waals surface area contributed by atoms with Gasteiger partial charge in [-0.3, -0.25) is 15.0 Å². The van der Waals surface area contributed by atoms with Crippen LogP contribution in [0.3, 0.4) is 0 Å². The molecule has 2 aromatic heterocycles. The maximum absolute atomic E-state index is 4.46. The van der Waals surface area contributed by atoms with Gasteiger partial charge in [0.2, 0.25) is 0 Å². The molecular formula is C15H20N4. The average molecular weight is 256 g/mol. The van der Waals surface area contributed by atoms with Crippen molar-refractivity contribution in [3.63, 3.8) is 0 Å². The van der Waals surface area contributed by atoms with Crippen molar-refractivity contribution in [2.75, 3.05) is 20.6 Å². The lowest BCUT2D eigenvalue weighted by molar-refractivity contribution is 0.394. The molecule has 0 aliphatic carbocycles. The van der Waals surface area contributed by atoms with Crippen molar-refractivity contribution >= 4 is 0 Å². The molecule has 2 heterocycles. The van der Waals surface area contributed by atoms with E-state index < -0.39 is 0 Å². The van der Waals surface area contributed by atoms with Gasteiger partial charge in [0.15, 0.2) is 0 Å². The van der Waals surface area contributed by atoms with Gasteiger partial charge in [0.05, 0.1) is 17.6 Å². The second-order valence-corrected chi connectivity index (χ2v) is 4.87. The molecule has 19 heavy (non-hydrogen) atoms. The first-order valence-corrected chi connectivity index (χ1v) is 6.63. The van der Waals surface area contributed by atoms with Crippen molar-refractivity contribution < 1.29 is 0 Å². The first-order valence-electron chi connectivity index (χ1n) is 6.63. The lowest BCUT2D eigenvalue weighted by Crippen LogP contribution is -2.13. The number of hydrogen-bond acceptors (Lipinski definition) is 4. The minimum atomic E-state index is 0.831. The topological polar surface area (TPSA) is 41.9 Å². The molecule has 0 atom stereocenters. The van der Waals surface area contributed by atoms with E-state index in [0.29, 0.717) is 0 Å². The van der Waals surface area contributed by atoms with Crippen molar-refractivity contribution in [1.29, 1.82) is 0 Å². The first-order chi connectivity index (χ1) is 9.25. The quantitative estimate of drug-likeness (QED) is 0.744. The number of aromatic nitrogens is 3. The van der Waals surface area contributed by atoms with Gasteiger partial charge in [0.25, 0.3) is 0 Å². The van der Waals surface area contributed by atoms with E-state index in [1.54, 1.807) is 6.20 Å². The molecule has 4 nitrogen and oxygen atoms in total. The minimum Gasteiger partial charge on any atom is -0.309 e. The Bertz CT molecular complexity index is 479. The summed E-state index contributed by atoms with van der Waals surface area (Å²) < 4.78 is 0. The van der Waals surface area contributed by atoms with Crippen LogP contribution >= 0.6 is 0 Å². The Hall–Kier alpha value is -1.81. The molecular weight excluding hydrogens is 236 g/mol. The summed E-state index contributed by atoms with van der Waals surface area (Å²) in [5.41, 5.74) is 2.75. The molecule has 0 amide bonds. The summed E-state index contributed by atoms with van der Waals surface area (Å²) >= 11 is 0. The largest absolute Gasteiger partial charge is 0.309 e. The zero-order valence-corrected chi connectivity index (χ0v) is 11.6. The van der Waals surface area contributed by atoms with Gasteiger partial charge in [-0.1, -0.05) is 6.07 Å². The second-order valence-electron chi connectivity index (χ2n) is 4.87. The highest BCUT2D eigenvalue weighted by Gasteiger charge is 2.01. The first kappa shape index (κ1) is 13.6. The SMILES string of the molecule is CN(C)CCCCc1cnc(-c2ccccn2)cn1. The average Bonchev–Trinajstić information content (AvgIpc) is 2.45. The van der Waals surface area contributed by atoms with Crippen molar-refractivity contribution in [2.45, 2.75) is 19.3 Å². The summed E-state index contributed by atoms with van der Waals surface area (Å²) in [6.07, 6.45) is 8.77. The number of nitrogens with zero attached hydrogens (tertiary/aromatic N) is 4. The van der Waals surface area contributed by atoms with Gasteiger partial charge in [0, 0.05) is 12.4 Å². The Labute approximate surface area is 114 Å². The molecule has 0 bridgehead atoms. The molecule has 0 aliphatic heterocycles. The smallest absolute Gasteiger partial charge is 0.107 e. The lowest BCUT2D eigenvalue weighted by Gasteiger charge is -2.08. The Balaban J connectivity index is 1.88. The second kappa shape index (κ2) is 6.95. The highest BCUT2D eigenvalue weighted by molar-refractivity contribution is 5.51. The van der Waals surface area contributed by atoms with Gasteiger partial charge < -0.3 is 4.90 Å².